The maximum absolute atomic E-state index is 12.8. The number of Topliss-reactive ketones (excluding diaryl/α,β-unsaturated/α-hetero) is 1. The standard InChI is InChI=1S/C22H19BrN4O2S.C2H6/c1-27-10-9-24-21(27)15-4-2-14(3-5-15)18(28)12-16-8-11-30-20(16)22(29)26-19-7-6-17(23)13-25-19;1-2/h2-8,11,13H,9-10,12H2,1H3,(H,25,26,29);1-2H3. The van der Waals surface area contributed by atoms with Gasteiger partial charge in [0.2, 0.25) is 0 Å². The van der Waals surface area contributed by atoms with Crippen molar-refractivity contribution in [1.82, 2.24) is 9.88 Å². The molecular formula is C24H25BrN4O2S. The van der Waals surface area contributed by atoms with Gasteiger partial charge in [-0.15, -0.1) is 11.3 Å². The van der Waals surface area contributed by atoms with Crippen LogP contribution in [-0.2, 0) is 6.42 Å². The molecule has 0 saturated heterocycles. The van der Waals surface area contributed by atoms with Crippen LogP contribution in [0.4, 0.5) is 5.82 Å². The first-order valence-electron chi connectivity index (χ1n) is 10.4. The molecule has 4 rings (SSSR count). The Labute approximate surface area is 200 Å². The van der Waals surface area contributed by atoms with Crippen LogP contribution >= 0.6 is 27.3 Å². The Bertz CT molecular complexity index is 1110. The number of pyridine rings is 1. The molecule has 3 heterocycles. The van der Waals surface area contributed by atoms with Gasteiger partial charge < -0.3 is 10.2 Å². The topological polar surface area (TPSA) is 74.7 Å². The molecule has 1 N–H and O–H groups in total. The van der Waals surface area contributed by atoms with Crippen molar-refractivity contribution >= 4 is 50.6 Å². The normalized spacial score (nSPS) is 12.6. The van der Waals surface area contributed by atoms with Crippen LogP contribution < -0.4 is 5.32 Å². The molecular weight excluding hydrogens is 488 g/mol. The third-order valence-corrected chi connectivity index (χ3v) is 6.22. The lowest BCUT2D eigenvalue weighted by molar-refractivity contribution is 0.0993. The largest absolute Gasteiger partial charge is 0.358 e. The average molecular weight is 513 g/mol. The molecule has 0 unspecified atom stereocenters. The van der Waals surface area contributed by atoms with E-state index in [1.54, 1.807) is 18.3 Å². The first-order valence-corrected chi connectivity index (χ1v) is 12.1. The molecule has 32 heavy (non-hydrogen) atoms. The highest BCUT2D eigenvalue weighted by Gasteiger charge is 2.18. The van der Waals surface area contributed by atoms with E-state index in [4.69, 9.17) is 0 Å². The van der Waals surface area contributed by atoms with Crippen LogP contribution in [0, 0.1) is 0 Å². The maximum atomic E-state index is 12.8. The fraction of sp³-hybridized carbons (Fsp3) is 0.250. The maximum Gasteiger partial charge on any atom is 0.267 e. The number of aromatic nitrogens is 1. The van der Waals surface area contributed by atoms with Crippen molar-refractivity contribution in [2.75, 3.05) is 25.5 Å². The van der Waals surface area contributed by atoms with Crippen molar-refractivity contribution in [2.24, 2.45) is 4.99 Å². The SMILES string of the molecule is CC.CN1CCN=C1c1ccc(C(=O)Cc2ccsc2C(=O)Nc2ccc(Br)cn2)cc1. The molecule has 0 bridgehead atoms. The number of rotatable bonds is 6. The molecule has 0 atom stereocenters. The zero-order chi connectivity index (χ0) is 23.1. The Balaban J connectivity index is 0.00000141. The molecule has 8 heteroatoms. The summed E-state index contributed by atoms with van der Waals surface area (Å²) in [5.41, 5.74) is 2.33. The number of carbonyl (C=O) groups is 2. The Hall–Kier alpha value is -2.84. The second-order valence-electron chi connectivity index (χ2n) is 6.89. The van der Waals surface area contributed by atoms with Crippen molar-refractivity contribution in [2.45, 2.75) is 20.3 Å². The summed E-state index contributed by atoms with van der Waals surface area (Å²) < 4.78 is 0.834. The van der Waals surface area contributed by atoms with E-state index in [-0.39, 0.29) is 18.1 Å². The number of amides is 1. The van der Waals surface area contributed by atoms with E-state index in [2.05, 4.69) is 36.1 Å². The molecule has 3 aromatic rings. The number of anilines is 1. The predicted molar refractivity (Wildman–Crippen MR) is 134 cm³/mol. The van der Waals surface area contributed by atoms with Crippen LogP contribution in [0.5, 0.6) is 0 Å². The molecule has 1 amide bonds. The van der Waals surface area contributed by atoms with E-state index in [9.17, 15) is 9.59 Å². The Morgan fingerprint density at radius 1 is 1.12 bits per heavy atom. The van der Waals surface area contributed by atoms with Crippen LogP contribution in [-0.4, -0.2) is 47.5 Å². The minimum atomic E-state index is -0.264. The molecule has 0 spiro atoms. The predicted octanol–water partition coefficient (Wildman–Crippen LogP) is 5.30. The number of likely N-dealkylation sites (N-methyl/N-ethyl adjacent to an activating group) is 1. The van der Waals surface area contributed by atoms with E-state index in [1.165, 1.54) is 11.3 Å². The number of ketones is 1. The van der Waals surface area contributed by atoms with Gasteiger partial charge in [-0.2, -0.15) is 0 Å². The first kappa shape index (κ1) is 23.8. The summed E-state index contributed by atoms with van der Waals surface area (Å²) in [5.74, 6) is 1.12. The van der Waals surface area contributed by atoms with Gasteiger partial charge in [-0.25, -0.2) is 4.98 Å². The molecule has 0 aliphatic carbocycles. The van der Waals surface area contributed by atoms with Gasteiger partial charge in [-0.3, -0.25) is 14.6 Å². The third-order valence-electron chi connectivity index (χ3n) is 4.80. The second-order valence-corrected chi connectivity index (χ2v) is 8.73. The van der Waals surface area contributed by atoms with Crippen LogP contribution in [0.25, 0.3) is 0 Å². The van der Waals surface area contributed by atoms with E-state index < -0.39 is 0 Å². The third kappa shape index (κ3) is 5.69. The molecule has 0 radical (unpaired) electrons. The lowest BCUT2D eigenvalue weighted by Crippen LogP contribution is -2.23. The molecule has 0 saturated carbocycles. The summed E-state index contributed by atoms with van der Waals surface area (Å²) in [4.78, 5) is 36.7. The highest BCUT2D eigenvalue weighted by atomic mass is 79.9. The monoisotopic (exact) mass is 512 g/mol. The Kier molecular flexibility index (Phi) is 8.30. The van der Waals surface area contributed by atoms with Crippen molar-refractivity contribution in [3.05, 3.63) is 80.1 Å². The van der Waals surface area contributed by atoms with Crippen molar-refractivity contribution < 1.29 is 9.59 Å². The smallest absolute Gasteiger partial charge is 0.267 e. The number of benzene rings is 1. The van der Waals surface area contributed by atoms with Crippen LogP contribution in [0.15, 0.2) is 63.5 Å². The van der Waals surface area contributed by atoms with E-state index >= 15 is 0 Å². The number of thiophene rings is 1. The summed E-state index contributed by atoms with van der Waals surface area (Å²) >= 11 is 4.63. The van der Waals surface area contributed by atoms with Crippen molar-refractivity contribution in [3.8, 4) is 0 Å². The van der Waals surface area contributed by atoms with Crippen LogP contribution in [0.1, 0.15) is 45.0 Å². The molecule has 1 aliphatic heterocycles. The summed E-state index contributed by atoms with van der Waals surface area (Å²) in [7, 11) is 2.01. The number of carbonyl (C=O) groups excluding carboxylic acids is 2. The number of amidine groups is 1. The van der Waals surface area contributed by atoms with E-state index in [0.29, 0.717) is 21.8 Å². The van der Waals surface area contributed by atoms with Gasteiger partial charge in [0.15, 0.2) is 5.78 Å². The zero-order valence-electron chi connectivity index (χ0n) is 18.3. The number of nitrogens with one attached hydrogen (secondary N) is 1. The van der Waals surface area contributed by atoms with Gasteiger partial charge in [0.05, 0.1) is 11.4 Å². The molecule has 1 aliphatic rings. The van der Waals surface area contributed by atoms with Crippen molar-refractivity contribution in [1.29, 1.82) is 0 Å². The Morgan fingerprint density at radius 3 is 2.50 bits per heavy atom. The number of nitrogens with zero attached hydrogens (tertiary/aromatic N) is 3. The number of halogens is 1. The van der Waals surface area contributed by atoms with Crippen LogP contribution in [0.2, 0.25) is 0 Å². The molecule has 6 nitrogen and oxygen atoms in total. The van der Waals surface area contributed by atoms with Gasteiger partial charge >= 0.3 is 0 Å². The van der Waals surface area contributed by atoms with Gasteiger partial charge in [0.1, 0.15) is 11.7 Å². The fourth-order valence-electron chi connectivity index (χ4n) is 3.22. The number of aliphatic imine (C=N–C) groups is 1. The van der Waals surface area contributed by atoms with Gasteiger partial charge in [0.25, 0.3) is 5.91 Å². The van der Waals surface area contributed by atoms with Gasteiger partial charge in [-0.05, 0) is 45.1 Å². The zero-order valence-corrected chi connectivity index (χ0v) is 20.7. The van der Waals surface area contributed by atoms with Gasteiger partial charge in [-0.1, -0.05) is 38.1 Å². The summed E-state index contributed by atoms with van der Waals surface area (Å²) in [6.07, 6.45) is 1.78. The number of hydrogen-bond donors (Lipinski definition) is 1. The highest BCUT2D eigenvalue weighted by Crippen LogP contribution is 2.21. The van der Waals surface area contributed by atoms with Gasteiger partial charge in [0, 0.05) is 41.8 Å². The average Bonchev–Trinajstić information content (AvgIpc) is 3.45. The minimum Gasteiger partial charge on any atom is -0.358 e. The lowest BCUT2D eigenvalue weighted by Gasteiger charge is -2.13. The first-order chi connectivity index (χ1) is 15.5. The van der Waals surface area contributed by atoms with E-state index in [0.717, 1.165) is 29.0 Å². The van der Waals surface area contributed by atoms with E-state index in [1.807, 2.05) is 56.6 Å². The lowest BCUT2D eigenvalue weighted by atomic mass is 10.0. The molecule has 166 valence electrons. The molecule has 2 aromatic heterocycles. The Morgan fingerprint density at radius 2 is 1.88 bits per heavy atom. The second kappa shape index (κ2) is 11.2. The van der Waals surface area contributed by atoms with Crippen LogP contribution in [0.3, 0.4) is 0 Å². The quantitative estimate of drug-likeness (QED) is 0.454. The minimum absolute atomic E-state index is 0.0301. The fourth-order valence-corrected chi connectivity index (χ4v) is 4.27. The highest BCUT2D eigenvalue weighted by molar-refractivity contribution is 9.10. The number of hydrogen-bond acceptors (Lipinski definition) is 6. The summed E-state index contributed by atoms with van der Waals surface area (Å²) in [6, 6.07) is 12.8. The summed E-state index contributed by atoms with van der Waals surface area (Å²) in [5, 5.41) is 4.60. The molecule has 0 fully saturated rings. The van der Waals surface area contributed by atoms with Crippen molar-refractivity contribution in [3.63, 3.8) is 0 Å². The summed E-state index contributed by atoms with van der Waals surface area (Å²) in [6.45, 7) is 5.71. The molecule has 1 aromatic carbocycles.